The third-order valence-electron chi connectivity index (χ3n) is 4.49. The van der Waals surface area contributed by atoms with Crippen LogP contribution in [0.2, 0.25) is 0 Å². The summed E-state index contributed by atoms with van der Waals surface area (Å²) in [5.74, 6) is -0.342. The number of benzene rings is 2. The zero-order valence-electron chi connectivity index (χ0n) is 17.3. The van der Waals surface area contributed by atoms with Crippen molar-refractivity contribution in [2.45, 2.75) is 30.7 Å². The normalized spacial score (nSPS) is 10.4. The van der Waals surface area contributed by atoms with Crippen LogP contribution in [0, 0.1) is 11.3 Å². The van der Waals surface area contributed by atoms with E-state index in [9.17, 15) is 14.9 Å². The molecule has 0 fully saturated rings. The minimum Gasteiger partial charge on any atom is -0.481 e. The number of amides is 1. The first-order chi connectivity index (χ1) is 15.4. The van der Waals surface area contributed by atoms with Crippen LogP contribution in [0.3, 0.4) is 0 Å². The molecule has 162 valence electrons. The molecule has 2 aromatic carbocycles. The van der Waals surface area contributed by atoms with Crippen LogP contribution in [-0.2, 0) is 21.8 Å². The molecular weight excluding hydrogens is 426 g/mol. The minimum atomic E-state index is -0.830. The van der Waals surface area contributed by atoms with Gasteiger partial charge < -0.3 is 16.2 Å². The van der Waals surface area contributed by atoms with Crippen LogP contribution in [0.25, 0.3) is 11.3 Å². The van der Waals surface area contributed by atoms with E-state index < -0.39 is 5.97 Å². The van der Waals surface area contributed by atoms with Crippen LogP contribution in [0.1, 0.15) is 30.0 Å². The zero-order valence-corrected chi connectivity index (χ0v) is 18.1. The lowest BCUT2D eigenvalue weighted by Gasteiger charge is -2.10. The number of hydrogen-bond acceptors (Lipinski definition) is 7. The molecular formula is C23H21N5O3S. The number of rotatable bonds is 8. The maximum atomic E-state index is 11.2. The van der Waals surface area contributed by atoms with Crippen LogP contribution < -0.4 is 11.1 Å². The van der Waals surface area contributed by atoms with Crippen LogP contribution in [0.4, 0.5) is 11.5 Å². The van der Waals surface area contributed by atoms with Crippen molar-refractivity contribution >= 4 is 35.1 Å². The second-order valence-corrected chi connectivity index (χ2v) is 7.93. The van der Waals surface area contributed by atoms with Crippen molar-refractivity contribution in [3.63, 3.8) is 0 Å². The molecule has 3 aromatic rings. The number of thioether (sulfide) groups is 1. The number of aliphatic carboxylic acids is 1. The highest BCUT2D eigenvalue weighted by Crippen LogP contribution is 2.29. The quantitative estimate of drug-likeness (QED) is 0.349. The van der Waals surface area contributed by atoms with Gasteiger partial charge in [0.1, 0.15) is 17.5 Å². The third-order valence-corrected chi connectivity index (χ3v) is 5.41. The van der Waals surface area contributed by atoms with Gasteiger partial charge in [0.25, 0.3) is 0 Å². The minimum absolute atomic E-state index is 0.0793. The van der Waals surface area contributed by atoms with E-state index in [2.05, 4.69) is 21.4 Å². The Hall–Kier alpha value is -3.90. The lowest BCUT2D eigenvalue weighted by molar-refractivity contribution is -0.137. The molecule has 0 radical (unpaired) electrons. The predicted octanol–water partition coefficient (Wildman–Crippen LogP) is 3.87. The molecule has 1 aromatic heterocycles. The maximum absolute atomic E-state index is 11.2. The van der Waals surface area contributed by atoms with Gasteiger partial charge in [-0.05, 0) is 29.7 Å². The molecule has 9 heteroatoms. The zero-order chi connectivity index (χ0) is 23.1. The number of carbonyl (C=O) groups is 2. The number of nitrogens with one attached hydrogen (secondary N) is 1. The Bertz CT molecular complexity index is 1190. The van der Waals surface area contributed by atoms with Gasteiger partial charge in [0.2, 0.25) is 5.91 Å². The van der Waals surface area contributed by atoms with Gasteiger partial charge in [0.05, 0.1) is 5.69 Å². The van der Waals surface area contributed by atoms with Crippen molar-refractivity contribution < 1.29 is 14.7 Å². The summed E-state index contributed by atoms with van der Waals surface area (Å²) < 4.78 is 0. The van der Waals surface area contributed by atoms with E-state index in [0.29, 0.717) is 34.3 Å². The lowest BCUT2D eigenvalue weighted by atomic mass is 10.1. The Morgan fingerprint density at radius 2 is 1.88 bits per heavy atom. The maximum Gasteiger partial charge on any atom is 0.303 e. The molecule has 0 unspecified atom stereocenters. The van der Waals surface area contributed by atoms with Crippen LogP contribution in [-0.4, -0.2) is 27.0 Å². The summed E-state index contributed by atoms with van der Waals surface area (Å²) in [6, 6.07) is 16.7. The molecule has 0 aliphatic rings. The second kappa shape index (κ2) is 10.4. The molecule has 0 saturated heterocycles. The highest BCUT2D eigenvalue weighted by molar-refractivity contribution is 7.98. The summed E-state index contributed by atoms with van der Waals surface area (Å²) in [7, 11) is 0. The van der Waals surface area contributed by atoms with E-state index >= 15 is 0 Å². The Morgan fingerprint density at radius 3 is 2.53 bits per heavy atom. The number of nitrogen functional groups attached to an aromatic ring is 1. The predicted molar refractivity (Wildman–Crippen MR) is 123 cm³/mol. The topological polar surface area (TPSA) is 142 Å². The molecule has 4 N–H and O–H groups in total. The van der Waals surface area contributed by atoms with Crippen LogP contribution in [0.5, 0.6) is 0 Å². The third kappa shape index (κ3) is 6.06. The number of aryl methyl sites for hydroxylation is 1. The van der Waals surface area contributed by atoms with E-state index in [1.165, 1.54) is 18.7 Å². The van der Waals surface area contributed by atoms with Gasteiger partial charge in [0, 0.05) is 30.3 Å². The molecule has 0 saturated carbocycles. The summed E-state index contributed by atoms with van der Waals surface area (Å²) in [5, 5.41) is 21.5. The Kier molecular flexibility index (Phi) is 7.41. The highest BCUT2D eigenvalue weighted by atomic mass is 32.2. The van der Waals surface area contributed by atoms with E-state index in [1.54, 1.807) is 24.3 Å². The van der Waals surface area contributed by atoms with E-state index in [-0.39, 0.29) is 23.7 Å². The van der Waals surface area contributed by atoms with Gasteiger partial charge in [-0.25, -0.2) is 9.97 Å². The van der Waals surface area contributed by atoms with Crippen molar-refractivity contribution in [3.8, 4) is 17.3 Å². The van der Waals surface area contributed by atoms with Gasteiger partial charge in [0.15, 0.2) is 5.16 Å². The van der Waals surface area contributed by atoms with E-state index in [4.69, 9.17) is 10.8 Å². The summed E-state index contributed by atoms with van der Waals surface area (Å²) in [5.41, 5.74) is 9.92. The molecule has 0 aliphatic heterocycles. The van der Waals surface area contributed by atoms with Crippen molar-refractivity contribution in [1.29, 1.82) is 5.26 Å². The molecule has 1 amide bonds. The van der Waals surface area contributed by atoms with Crippen molar-refractivity contribution in [2.24, 2.45) is 0 Å². The molecule has 0 aliphatic carbocycles. The highest BCUT2D eigenvalue weighted by Gasteiger charge is 2.15. The molecule has 32 heavy (non-hydrogen) atoms. The fraction of sp³-hybridized carbons (Fsp3) is 0.174. The molecule has 8 nitrogen and oxygen atoms in total. The molecule has 0 bridgehead atoms. The summed E-state index contributed by atoms with van der Waals surface area (Å²) in [4.78, 5) is 30.8. The molecule has 3 rings (SSSR count). The van der Waals surface area contributed by atoms with Crippen LogP contribution in [0.15, 0.2) is 53.7 Å². The Labute approximate surface area is 189 Å². The van der Waals surface area contributed by atoms with Crippen molar-refractivity contribution in [2.75, 3.05) is 11.1 Å². The first-order valence-corrected chi connectivity index (χ1v) is 10.7. The van der Waals surface area contributed by atoms with Crippen molar-refractivity contribution in [3.05, 3.63) is 65.2 Å². The smallest absolute Gasteiger partial charge is 0.303 e. The number of anilines is 2. The average Bonchev–Trinajstić information content (AvgIpc) is 2.76. The van der Waals surface area contributed by atoms with Gasteiger partial charge in [-0.3, -0.25) is 9.59 Å². The largest absolute Gasteiger partial charge is 0.481 e. The number of carboxylic acids is 1. The van der Waals surface area contributed by atoms with Gasteiger partial charge in [-0.2, -0.15) is 5.26 Å². The number of nitriles is 1. The second-order valence-electron chi connectivity index (χ2n) is 6.99. The fourth-order valence-corrected chi connectivity index (χ4v) is 3.82. The lowest BCUT2D eigenvalue weighted by Crippen LogP contribution is -2.05. The number of nitrogens with two attached hydrogens (primary N) is 1. The molecule has 0 spiro atoms. The Balaban J connectivity index is 1.81. The van der Waals surface area contributed by atoms with Crippen LogP contribution >= 0.6 is 11.8 Å². The number of hydrogen-bond donors (Lipinski definition) is 3. The first-order valence-electron chi connectivity index (χ1n) is 9.73. The van der Waals surface area contributed by atoms with E-state index in [0.717, 1.165) is 11.1 Å². The van der Waals surface area contributed by atoms with Gasteiger partial charge >= 0.3 is 5.97 Å². The first kappa shape index (κ1) is 22.8. The van der Waals surface area contributed by atoms with Crippen molar-refractivity contribution in [1.82, 2.24) is 9.97 Å². The number of carbonyl (C=O) groups excluding carboxylic acids is 1. The fourth-order valence-electron chi connectivity index (χ4n) is 3.03. The van der Waals surface area contributed by atoms with Gasteiger partial charge in [-0.1, -0.05) is 48.2 Å². The monoisotopic (exact) mass is 447 g/mol. The Morgan fingerprint density at radius 1 is 1.16 bits per heavy atom. The SMILES string of the molecule is CC(=O)Nc1ccc(-c2nc(SCc3cccc(CCC(=O)O)c3)nc(N)c2C#N)cc1. The number of aromatic nitrogens is 2. The molecule has 0 atom stereocenters. The number of nitrogens with zero attached hydrogens (tertiary/aromatic N) is 3. The van der Waals surface area contributed by atoms with E-state index in [1.807, 2.05) is 24.3 Å². The summed E-state index contributed by atoms with van der Waals surface area (Å²) >= 11 is 1.38. The average molecular weight is 448 g/mol. The summed E-state index contributed by atoms with van der Waals surface area (Å²) in [6.45, 7) is 1.43. The van der Waals surface area contributed by atoms with Gasteiger partial charge in [-0.15, -0.1) is 0 Å². The number of carboxylic acid groups (broad SMARTS) is 1. The molecule has 1 heterocycles. The standard InChI is InChI=1S/C23H21N5O3S/c1-14(29)26-18-8-6-17(7-9-18)21-19(12-24)22(25)28-23(27-21)32-13-16-4-2-3-15(11-16)5-10-20(30)31/h2-4,6-9,11H,5,10,13H2,1H3,(H,26,29)(H,30,31)(H2,25,27,28). The summed E-state index contributed by atoms with van der Waals surface area (Å²) in [6.07, 6.45) is 0.544.